The van der Waals surface area contributed by atoms with Gasteiger partial charge in [0, 0.05) is 11.3 Å². The van der Waals surface area contributed by atoms with E-state index in [1.54, 1.807) is 0 Å². The lowest BCUT2D eigenvalue weighted by Crippen LogP contribution is -2.62. The first-order valence-electron chi connectivity index (χ1n) is 16.5. The van der Waals surface area contributed by atoms with Gasteiger partial charge in [0.2, 0.25) is 11.8 Å². The average molecular weight is 604 g/mol. The van der Waals surface area contributed by atoms with Crippen LogP contribution in [0.5, 0.6) is 0 Å². The van der Waals surface area contributed by atoms with Gasteiger partial charge < -0.3 is 26.0 Å². The molecule has 0 aromatic carbocycles. The molecule has 1 heterocycles. The first-order valence-corrected chi connectivity index (χ1v) is 16.5. The number of aliphatic hydroxyl groups is 3. The molecular formula is C31H53N7O5. The van der Waals surface area contributed by atoms with Crippen LogP contribution in [0.4, 0.5) is 0 Å². The quantitative estimate of drug-likeness (QED) is 0.0811. The minimum atomic E-state index is -0.734. The minimum absolute atomic E-state index is 0.0417. The van der Waals surface area contributed by atoms with Crippen molar-refractivity contribution in [3.63, 3.8) is 0 Å². The lowest BCUT2D eigenvalue weighted by atomic mass is 9.43. The highest BCUT2D eigenvalue weighted by molar-refractivity contribution is 5.87. The number of aliphatic hydroxyl groups excluding tert-OH is 3. The monoisotopic (exact) mass is 603 g/mol. The van der Waals surface area contributed by atoms with E-state index in [2.05, 4.69) is 52.3 Å². The number of hydrazine groups is 1. The maximum Gasteiger partial charge on any atom is 0.242 e. The number of carbonyl (C=O) groups excluding carboxylic acids is 2. The summed E-state index contributed by atoms with van der Waals surface area (Å²) in [6, 6.07) is -0.734. The summed E-state index contributed by atoms with van der Waals surface area (Å²) in [4.78, 5) is 28.5. The molecule has 1 saturated heterocycles. The Balaban J connectivity index is 1.21. The van der Waals surface area contributed by atoms with E-state index < -0.39 is 18.2 Å². The van der Waals surface area contributed by atoms with Gasteiger partial charge in [0.25, 0.3) is 0 Å². The number of rotatable bonds is 11. The Labute approximate surface area is 255 Å². The summed E-state index contributed by atoms with van der Waals surface area (Å²) in [7, 11) is 0. The Morgan fingerprint density at radius 3 is 2.49 bits per heavy atom. The number of fused-ring (bicyclic) bond motifs is 5. The minimum Gasteiger partial charge on any atom is -0.393 e. The zero-order valence-electron chi connectivity index (χ0n) is 26.3. The fourth-order valence-corrected chi connectivity index (χ4v) is 10.2. The van der Waals surface area contributed by atoms with E-state index in [9.17, 15) is 24.9 Å². The summed E-state index contributed by atoms with van der Waals surface area (Å²) >= 11 is 0. The SMILES string of the molecule is CC(CCC(=O)NC(CCC1(C)NN1)C(=O)NCN=[N+]=[N-])C1CCC2C3C(O)CC4CC(O)CCC4(C)C3CC(O)C12C. The number of carbonyl (C=O) groups is 2. The summed E-state index contributed by atoms with van der Waals surface area (Å²) in [6.07, 6.45) is 6.71. The van der Waals surface area contributed by atoms with Crippen LogP contribution >= 0.6 is 0 Å². The van der Waals surface area contributed by atoms with E-state index >= 15 is 0 Å². The largest absolute Gasteiger partial charge is 0.393 e. The van der Waals surface area contributed by atoms with E-state index in [4.69, 9.17) is 5.53 Å². The van der Waals surface area contributed by atoms with Gasteiger partial charge in [0.05, 0.1) is 30.6 Å². The zero-order valence-corrected chi connectivity index (χ0v) is 26.3. The van der Waals surface area contributed by atoms with E-state index in [1.165, 1.54) is 0 Å². The molecule has 0 aromatic rings. The number of hydrogen-bond acceptors (Lipinski definition) is 8. The molecule has 5 aliphatic rings. The van der Waals surface area contributed by atoms with Crippen LogP contribution in [-0.4, -0.2) is 63.8 Å². The average Bonchev–Trinajstić information content (AvgIpc) is 3.59. The van der Waals surface area contributed by atoms with Crippen LogP contribution in [0.25, 0.3) is 10.4 Å². The standard InChI is InChI=1S/C31H53N7O5/c1-17(5-8-26(42)35-23(10-12-30(3)36-37-30)28(43)33-16-34-38-32)20-6-7-21-27-22(15-25(41)31(20,21)4)29(2)11-9-19(39)13-18(29)14-24(27)40/h17-25,27,36-37,39-41H,5-16H2,1-4H3,(H,33,43)(H,35,42). The normalized spacial score (nSPS) is 42.3. The van der Waals surface area contributed by atoms with Crippen LogP contribution in [-0.2, 0) is 9.59 Å². The Kier molecular flexibility index (Phi) is 9.39. The molecule has 5 fully saturated rings. The Morgan fingerprint density at radius 1 is 1.05 bits per heavy atom. The van der Waals surface area contributed by atoms with E-state index in [-0.39, 0.29) is 77.1 Å². The molecule has 0 radical (unpaired) electrons. The molecule has 12 atom stereocenters. The molecule has 12 nitrogen and oxygen atoms in total. The van der Waals surface area contributed by atoms with Crippen molar-refractivity contribution >= 4 is 11.8 Å². The number of nitrogens with one attached hydrogen (secondary N) is 4. The van der Waals surface area contributed by atoms with Crippen LogP contribution < -0.4 is 21.5 Å². The summed E-state index contributed by atoms with van der Waals surface area (Å²) in [5.41, 5.74) is 14.1. The van der Waals surface area contributed by atoms with Crippen molar-refractivity contribution in [2.45, 2.75) is 128 Å². The Morgan fingerprint density at radius 2 is 1.79 bits per heavy atom. The molecule has 0 spiro atoms. The first-order chi connectivity index (χ1) is 20.3. The van der Waals surface area contributed by atoms with Crippen LogP contribution in [0.15, 0.2) is 5.11 Å². The number of hydrogen-bond donors (Lipinski definition) is 7. The van der Waals surface area contributed by atoms with Gasteiger partial charge in [-0.3, -0.25) is 9.59 Å². The third-order valence-electron chi connectivity index (χ3n) is 12.9. The van der Waals surface area contributed by atoms with Gasteiger partial charge in [-0.25, -0.2) is 10.9 Å². The van der Waals surface area contributed by atoms with Crippen molar-refractivity contribution in [2.75, 3.05) is 6.67 Å². The molecule has 12 unspecified atom stereocenters. The first kappa shape index (κ1) is 32.4. The molecule has 1 aliphatic heterocycles. The molecule has 5 rings (SSSR count). The summed E-state index contributed by atoms with van der Waals surface area (Å²) in [5, 5.41) is 42.5. The van der Waals surface area contributed by atoms with Crippen molar-refractivity contribution < 1.29 is 24.9 Å². The van der Waals surface area contributed by atoms with Crippen molar-refractivity contribution in [3.8, 4) is 0 Å². The Hall–Kier alpha value is -1.95. The molecule has 0 aromatic heterocycles. The summed E-state index contributed by atoms with van der Waals surface area (Å²) in [6.45, 7) is 8.56. The van der Waals surface area contributed by atoms with Crippen LogP contribution in [0, 0.1) is 46.3 Å². The second-order valence-corrected chi connectivity index (χ2v) is 15.2. The van der Waals surface area contributed by atoms with Gasteiger partial charge in [-0.15, -0.1) is 0 Å². The predicted molar refractivity (Wildman–Crippen MR) is 160 cm³/mol. The number of azide groups is 1. The Bertz CT molecular complexity index is 1100. The van der Waals surface area contributed by atoms with E-state index in [0.717, 1.165) is 38.5 Å². The smallest absolute Gasteiger partial charge is 0.242 e. The third-order valence-corrected chi connectivity index (χ3v) is 12.9. The summed E-state index contributed by atoms with van der Waals surface area (Å²) in [5.74, 6) is 0.806. The predicted octanol–water partition coefficient (Wildman–Crippen LogP) is 2.84. The molecule has 7 N–H and O–H groups in total. The van der Waals surface area contributed by atoms with Gasteiger partial charge in [-0.1, -0.05) is 25.9 Å². The van der Waals surface area contributed by atoms with E-state index in [0.29, 0.717) is 31.6 Å². The highest BCUT2D eigenvalue weighted by Gasteiger charge is 2.65. The molecule has 12 heteroatoms. The lowest BCUT2D eigenvalue weighted by molar-refractivity contribution is -0.207. The second kappa shape index (κ2) is 12.4. The fourth-order valence-electron chi connectivity index (χ4n) is 10.2. The van der Waals surface area contributed by atoms with Crippen molar-refractivity contribution in [2.24, 2.45) is 51.5 Å². The highest BCUT2D eigenvalue weighted by atomic mass is 16.3. The van der Waals surface area contributed by atoms with Gasteiger partial charge >= 0.3 is 0 Å². The molecule has 242 valence electrons. The maximum atomic E-state index is 13.1. The molecule has 4 saturated carbocycles. The zero-order chi connectivity index (χ0) is 31.2. The maximum absolute atomic E-state index is 13.1. The molecule has 2 amide bonds. The van der Waals surface area contributed by atoms with Gasteiger partial charge in [-0.05, 0) is 123 Å². The van der Waals surface area contributed by atoms with Crippen molar-refractivity contribution in [1.82, 2.24) is 21.5 Å². The van der Waals surface area contributed by atoms with Gasteiger partial charge in [-0.2, -0.15) is 0 Å². The molecule has 4 aliphatic carbocycles. The third kappa shape index (κ3) is 6.29. The van der Waals surface area contributed by atoms with Crippen LogP contribution in [0.2, 0.25) is 0 Å². The molecule has 0 bridgehead atoms. The summed E-state index contributed by atoms with van der Waals surface area (Å²) < 4.78 is 0. The molecular weight excluding hydrogens is 550 g/mol. The second-order valence-electron chi connectivity index (χ2n) is 15.2. The van der Waals surface area contributed by atoms with E-state index in [1.807, 2.05) is 6.92 Å². The number of nitrogens with zero attached hydrogens (tertiary/aromatic N) is 3. The number of amides is 2. The van der Waals surface area contributed by atoms with Crippen molar-refractivity contribution in [1.29, 1.82) is 0 Å². The van der Waals surface area contributed by atoms with Crippen molar-refractivity contribution in [3.05, 3.63) is 10.4 Å². The lowest BCUT2D eigenvalue weighted by Gasteiger charge is -2.63. The fraction of sp³-hybridized carbons (Fsp3) is 0.935. The van der Waals surface area contributed by atoms with Gasteiger partial charge in [0.15, 0.2) is 0 Å². The van der Waals surface area contributed by atoms with Gasteiger partial charge in [0.1, 0.15) is 6.04 Å². The topological polar surface area (TPSA) is 212 Å². The van der Waals surface area contributed by atoms with Crippen LogP contribution in [0.3, 0.4) is 0 Å². The van der Waals surface area contributed by atoms with Crippen LogP contribution in [0.1, 0.15) is 98.3 Å². The molecule has 43 heavy (non-hydrogen) atoms. The highest BCUT2D eigenvalue weighted by Crippen LogP contribution is 2.68.